The number of hydrogen-bond donors (Lipinski definition) is 0. The second-order valence-electron chi connectivity index (χ2n) is 17.3. The van der Waals surface area contributed by atoms with E-state index in [1.54, 1.807) is 13.3 Å². The predicted molar refractivity (Wildman–Crippen MR) is 178 cm³/mol. The molecule has 0 aromatic carbocycles. The molecule has 0 radical (unpaired) electrons. The SMILES string of the molecule is C=C(COC)[C@@H]1CC[C@]2(COC(=O)n3ccnn3)CC[C@]3(C)[C@H](CC[C@@H]4[C@@]5(C)CC[C@H](OC(=O)n6cncn6)C(C)(C)[C@@H]5CC[C@]43C)[C@@H]12. The van der Waals surface area contributed by atoms with Gasteiger partial charge in [0, 0.05) is 17.9 Å². The third kappa shape index (κ3) is 4.83. The Hall–Kier alpha value is -3.08. The fraction of sp³-hybridized carbons (Fsp3) is 0.784. The number of aromatic nitrogens is 6. The van der Waals surface area contributed by atoms with E-state index in [2.05, 4.69) is 61.6 Å². The van der Waals surface area contributed by atoms with Crippen molar-refractivity contribution in [3.8, 4) is 0 Å². The molecule has 0 bridgehead atoms. The maximum atomic E-state index is 13.0. The maximum Gasteiger partial charge on any atom is 0.436 e. The van der Waals surface area contributed by atoms with Gasteiger partial charge in [-0.3, -0.25) is 0 Å². The van der Waals surface area contributed by atoms with Gasteiger partial charge in [-0.1, -0.05) is 46.4 Å². The van der Waals surface area contributed by atoms with Crippen molar-refractivity contribution in [1.29, 1.82) is 0 Å². The largest absolute Gasteiger partial charge is 0.447 e. The van der Waals surface area contributed by atoms with Crippen molar-refractivity contribution < 1.29 is 23.8 Å². The first-order valence-corrected chi connectivity index (χ1v) is 18.1. The molecule has 5 fully saturated rings. The van der Waals surface area contributed by atoms with E-state index in [4.69, 9.17) is 14.2 Å². The molecule has 0 N–H and O–H groups in total. The molecule has 7 rings (SSSR count). The van der Waals surface area contributed by atoms with Crippen molar-refractivity contribution in [1.82, 2.24) is 29.8 Å². The third-order valence-electron chi connectivity index (χ3n) is 15.3. The van der Waals surface area contributed by atoms with Gasteiger partial charge in [0.05, 0.1) is 25.6 Å². The summed E-state index contributed by atoms with van der Waals surface area (Å²) in [7, 11) is 1.76. The lowest BCUT2D eigenvalue weighted by Gasteiger charge is -2.73. The van der Waals surface area contributed by atoms with Crippen LogP contribution < -0.4 is 0 Å². The molecule has 11 nitrogen and oxygen atoms in total. The maximum absolute atomic E-state index is 13.0. The van der Waals surface area contributed by atoms with Gasteiger partial charge in [-0.15, -0.1) is 10.2 Å². The zero-order chi connectivity index (χ0) is 34.1. The topological polar surface area (TPSA) is 123 Å². The molecule has 5 aliphatic carbocycles. The summed E-state index contributed by atoms with van der Waals surface area (Å²) >= 11 is 0. The Bertz CT molecular complexity index is 1530. The van der Waals surface area contributed by atoms with Crippen LogP contribution in [0, 0.1) is 56.7 Å². The molecule has 5 saturated carbocycles. The second-order valence-corrected chi connectivity index (χ2v) is 17.3. The van der Waals surface area contributed by atoms with Crippen LogP contribution in [0.1, 0.15) is 98.8 Å². The number of hydrogen-bond acceptors (Lipinski definition) is 9. The molecule has 0 amide bonds. The van der Waals surface area contributed by atoms with Crippen LogP contribution >= 0.6 is 0 Å². The van der Waals surface area contributed by atoms with Crippen LogP contribution in [0.25, 0.3) is 0 Å². The summed E-state index contributed by atoms with van der Waals surface area (Å²) in [6, 6.07) is 0. The van der Waals surface area contributed by atoms with E-state index in [1.807, 2.05) is 0 Å². The Balaban J connectivity index is 1.16. The zero-order valence-electron chi connectivity index (χ0n) is 29.7. The van der Waals surface area contributed by atoms with E-state index < -0.39 is 12.2 Å². The first-order valence-electron chi connectivity index (χ1n) is 18.1. The Labute approximate surface area is 284 Å². The van der Waals surface area contributed by atoms with Crippen molar-refractivity contribution in [2.45, 2.75) is 105 Å². The molecule has 11 heteroatoms. The van der Waals surface area contributed by atoms with Gasteiger partial charge in [0.2, 0.25) is 0 Å². The van der Waals surface area contributed by atoms with Crippen molar-refractivity contribution in [3.63, 3.8) is 0 Å². The standard InChI is InChI=1S/C37H54N6O5/c1-24(20-46-7)25-10-15-37(21-47-31(44)42-19-18-39-41-42)17-16-35(5)26(30(25)37)8-9-28-34(4)13-12-29(48-32(45)43-23-38-22-40-43)33(2,3)27(34)11-14-36(28,35)6/h18-19,22-23,25-30H,1,8-17,20-21H2,2-7H3/t25-,26+,27-,28+,29-,30+,34-,35+,36+,37+/m0/s1. The summed E-state index contributed by atoms with van der Waals surface area (Å²) in [4.78, 5) is 29.8. The normalized spacial score (nSPS) is 41.3. The van der Waals surface area contributed by atoms with Gasteiger partial charge in [0.15, 0.2) is 0 Å². The number of carbonyl (C=O) groups excluding carboxylic acids is 2. The molecule has 0 spiro atoms. The number of ether oxygens (including phenoxy) is 3. The molecular weight excluding hydrogens is 608 g/mol. The van der Waals surface area contributed by atoms with E-state index in [0.717, 1.165) is 44.9 Å². The van der Waals surface area contributed by atoms with Crippen LogP contribution in [0.2, 0.25) is 0 Å². The summed E-state index contributed by atoms with van der Waals surface area (Å²) in [5.41, 5.74) is 1.40. The lowest BCUT2D eigenvalue weighted by molar-refractivity contribution is -0.249. The molecule has 262 valence electrons. The highest BCUT2D eigenvalue weighted by Gasteiger charge is 2.71. The molecule has 5 aliphatic rings. The van der Waals surface area contributed by atoms with Crippen molar-refractivity contribution in [3.05, 3.63) is 37.2 Å². The van der Waals surface area contributed by atoms with Gasteiger partial charge >= 0.3 is 12.2 Å². The average Bonchev–Trinajstić information content (AvgIpc) is 3.84. The monoisotopic (exact) mass is 662 g/mol. The van der Waals surface area contributed by atoms with Gasteiger partial charge in [0.1, 0.15) is 18.8 Å². The Morgan fingerprint density at radius 1 is 0.896 bits per heavy atom. The first-order chi connectivity index (χ1) is 22.8. The van der Waals surface area contributed by atoms with E-state index >= 15 is 0 Å². The summed E-state index contributed by atoms with van der Waals surface area (Å²) in [6.07, 6.45) is 15.6. The highest BCUT2D eigenvalue weighted by molar-refractivity contribution is 5.69. The summed E-state index contributed by atoms with van der Waals surface area (Å²) in [5, 5.41) is 11.7. The average molecular weight is 663 g/mol. The third-order valence-corrected chi connectivity index (χ3v) is 15.3. The summed E-state index contributed by atoms with van der Waals surface area (Å²) < 4.78 is 20.2. The van der Waals surface area contributed by atoms with Crippen LogP contribution in [-0.2, 0) is 14.2 Å². The summed E-state index contributed by atoms with van der Waals surface area (Å²) in [5.74, 6) is 2.27. The molecule has 0 saturated heterocycles. The van der Waals surface area contributed by atoms with Crippen molar-refractivity contribution in [2.75, 3.05) is 20.3 Å². The van der Waals surface area contributed by atoms with E-state index in [9.17, 15) is 9.59 Å². The van der Waals surface area contributed by atoms with Crippen LogP contribution in [0.3, 0.4) is 0 Å². The minimum Gasteiger partial charge on any atom is -0.447 e. The molecule has 10 atom stereocenters. The zero-order valence-corrected chi connectivity index (χ0v) is 29.7. The molecular formula is C37H54N6O5. The Morgan fingerprint density at radius 2 is 1.71 bits per heavy atom. The highest BCUT2D eigenvalue weighted by atomic mass is 16.6. The smallest absolute Gasteiger partial charge is 0.436 e. The molecule has 48 heavy (non-hydrogen) atoms. The number of rotatable bonds is 6. The molecule has 2 heterocycles. The lowest BCUT2D eigenvalue weighted by atomic mass is 9.32. The van der Waals surface area contributed by atoms with Gasteiger partial charge in [-0.25, -0.2) is 14.6 Å². The van der Waals surface area contributed by atoms with Crippen LogP contribution in [0.4, 0.5) is 9.59 Å². The van der Waals surface area contributed by atoms with Gasteiger partial charge in [-0.05, 0) is 116 Å². The molecule has 0 unspecified atom stereocenters. The van der Waals surface area contributed by atoms with E-state index in [0.29, 0.717) is 42.8 Å². The minimum absolute atomic E-state index is 0.0832. The van der Waals surface area contributed by atoms with Gasteiger partial charge in [-0.2, -0.15) is 9.36 Å². The van der Waals surface area contributed by atoms with Gasteiger partial charge in [0.25, 0.3) is 0 Å². The predicted octanol–water partition coefficient (Wildman–Crippen LogP) is 7.19. The minimum atomic E-state index is -0.458. The Morgan fingerprint density at radius 3 is 2.42 bits per heavy atom. The van der Waals surface area contributed by atoms with Gasteiger partial charge < -0.3 is 14.2 Å². The molecule has 2 aromatic heterocycles. The second kappa shape index (κ2) is 11.8. The lowest BCUT2D eigenvalue weighted by Crippen LogP contribution is -2.67. The van der Waals surface area contributed by atoms with Crippen LogP contribution in [-0.4, -0.2) is 68.4 Å². The number of methoxy groups -OCH3 is 1. The molecule has 2 aromatic rings. The fourth-order valence-electron chi connectivity index (χ4n) is 13.0. The quantitative estimate of drug-likeness (QED) is 0.296. The Kier molecular flexibility index (Phi) is 8.19. The van der Waals surface area contributed by atoms with Crippen molar-refractivity contribution in [2.24, 2.45) is 56.7 Å². The van der Waals surface area contributed by atoms with E-state index in [-0.39, 0.29) is 33.2 Å². The number of fused-ring (bicyclic) bond motifs is 7. The highest BCUT2D eigenvalue weighted by Crippen LogP contribution is 2.77. The fourth-order valence-corrected chi connectivity index (χ4v) is 13.0. The summed E-state index contributed by atoms with van der Waals surface area (Å²) in [6.45, 7) is 18.0. The number of carbonyl (C=O) groups is 2. The van der Waals surface area contributed by atoms with Crippen molar-refractivity contribution >= 4 is 12.2 Å². The molecule has 0 aliphatic heterocycles. The number of nitrogens with zero attached hydrogens (tertiary/aromatic N) is 6. The van der Waals surface area contributed by atoms with E-state index in [1.165, 1.54) is 53.1 Å². The first kappa shape index (κ1) is 33.4. The van der Waals surface area contributed by atoms with Crippen LogP contribution in [0.15, 0.2) is 37.2 Å². The van der Waals surface area contributed by atoms with Crippen LogP contribution in [0.5, 0.6) is 0 Å².